The summed E-state index contributed by atoms with van der Waals surface area (Å²) in [5.41, 5.74) is -7.47. The van der Waals surface area contributed by atoms with Crippen molar-refractivity contribution in [1.82, 2.24) is 0 Å². The average Bonchev–Trinajstić information content (AvgIpc) is 2.52. The zero-order chi connectivity index (χ0) is 25.9. The van der Waals surface area contributed by atoms with Crippen LogP contribution in [0.15, 0.2) is 0 Å². The summed E-state index contributed by atoms with van der Waals surface area (Å²) in [4.78, 5) is 8.53. The van der Waals surface area contributed by atoms with Crippen molar-refractivity contribution < 1.29 is 88.6 Å². The SMILES string of the molecule is CCOP(=O)(O)C(F)(F)C(F)(F)C(F)(F)C(F)(F)C(F)(F)C(F)(F)C(F)(F)C(F)(F)F. The Labute approximate surface area is 158 Å². The van der Waals surface area contributed by atoms with Crippen molar-refractivity contribution in [3.63, 3.8) is 0 Å². The summed E-state index contributed by atoms with van der Waals surface area (Å²) in [5.74, 6) is -51.4. The molecule has 0 aromatic carbocycles. The Morgan fingerprint density at radius 3 is 1.10 bits per heavy atom. The van der Waals surface area contributed by atoms with Crippen LogP contribution in [-0.2, 0) is 9.09 Å². The Morgan fingerprint density at radius 1 is 0.581 bits per heavy atom. The lowest BCUT2D eigenvalue weighted by Gasteiger charge is -2.42. The Hall–Kier alpha value is -1.04. The Bertz CT molecular complexity index is 711. The minimum Gasteiger partial charge on any atom is -0.320 e. The van der Waals surface area contributed by atoms with E-state index in [0.717, 1.165) is 0 Å². The van der Waals surface area contributed by atoms with E-state index in [1.54, 1.807) is 0 Å². The van der Waals surface area contributed by atoms with E-state index in [9.17, 15) is 79.2 Å². The van der Waals surface area contributed by atoms with Crippen molar-refractivity contribution in [2.24, 2.45) is 0 Å². The van der Waals surface area contributed by atoms with Gasteiger partial charge < -0.3 is 9.42 Å². The summed E-state index contributed by atoms with van der Waals surface area (Å²) in [6.45, 7) is -1.05. The van der Waals surface area contributed by atoms with Crippen molar-refractivity contribution in [3.05, 3.63) is 0 Å². The predicted octanol–water partition coefficient (Wildman–Crippen LogP) is 6.18. The molecule has 21 heteroatoms. The van der Waals surface area contributed by atoms with E-state index in [4.69, 9.17) is 4.89 Å². The highest BCUT2D eigenvalue weighted by Crippen LogP contribution is 2.70. The van der Waals surface area contributed by atoms with Gasteiger partial charge in [-0.25, -0.2) is 0 Å². The molecule has 0 heterocycles. The number of rotatable bonds is 9. The van der Waals surface area contributed by atoms with Crippen LogP contribution in [-0.4, -0.2) is 58.9 Å². The maximum atomic E-state index is 13.4. The van der Waals surface area contributed by atoms with Gasteiger partial charge in [0.2, 0.25) is 0 Å². The summed E-state index contributed by atoms with van der Waals surface area (Å²) in [5, 5.41) is 0. The van der Waals surface area contributed by atoms with Gasteiger partial charge in [0.1, 0.15) is 0 Å². The minimum atomic E-state index is -8.81. The fourth-order valence-corrected chi connectivity index (χ4v) is 2.60. The standard InChI is InChI=1S/C10H6F17O3P/c1-2-30-31(28,29)10(26,27)8(21,22)6(17,18)4(13,14)3(11,12)5(15,16)7(19,20)9(23,24)25/h2H2,1H3,(H,28,29). The second kappa shape index (κ2) is 7.50. The molecule has 3 nitrogen and oxygen atoms in total. The first-order valence-electron chi connectivity index (χ1n) is 6.75. The first-order chi connectivity index (χ1) is 13.1. The largest absolute Gasteiger partial charge is 0.460 e. The molecule has 0 saturated carbocycles. The molecule has 1 atom stereocenters. The topological polar surface area (TPSA) is 46.5 Å². The first kappa shape index (κ1) is 30.0. The molecule has 0 radical (unpaired) electrons. The van der Waals surface area contributed by atoms with Gasteiger partial charge in [-0.15, -0.1) is 0 Å². The van der Waals surface area contributed by atoms with Gasteiger partial charge in [0.25, 0.3) is 0 Å². The summed E-state index contributed by atoms with van der Waals surface area (Å²) in [6.07, 6.45) is -7.85. The molecule has 0 spiro atoms. The van der Waals surface area contributed by atoms with Crippen LogP contribution in [0.3, 0.4) is 0 Å². The van der Waals surface area contributed by atoms with Gasteiger partial charge in [0, 0.05) is 0 Å². The molecular weight excluding hydrogens is 522 g/mol. The molecule has 0 saturated heterocycles. The molecular formula is C10H6F17O3P. The number of hydrogen-bond acceptors (Lipinski definition) is 2. The first-order valence-corrected chi connectivity index (χ1v) is 8.32. The van der Waals surface area contributed by atoms with Crippen molar-refractivity contribution >= 4 is 7.60 Å². The molecule has 0 aliphatic heterocycles. The van der Waals surface area contributed by atoms with Gasteiger partial charge in [-0.2, -0.15) is 74.6 Å². The van der Waals surface area contributed by atoms with E-state index in [2.05, 4.69) is 4.52 Å². The highest BCUT2D eigenvalue weighted by atomic mass is 31.2. The highest BCUT2D eigenvalue weighted by Gasteiger charge is 2.96. The van der Waals surface area contributed by atoms with E-state index in [-0.39, 0.29) is 0 Å². The van der Waals surface area contributed by atoms with Gasteiger partial charge >= 0.3 is 55.0 Å². The van der Waals surface area contributed by atoms with Crippen molar-refractivity contribution in [2.45, 2.75) is 54.3 Å². The molecule has 0 bridgehead atoms. The molecule has 0 aliphatic carbocycles. The highest BCUT2D eigenvalue weighted by molar-refractivity contribution is 7.54. The van der Waals surface area contributed by atoms with Gasteiger partial charge in [-0.3, -0.25) is 4.57 Å². The van der Waals surface area contributed by atoms with Crippen LogP contribution in [0.5, 0.6) is 0 Å². The molecule has 1 N–H and O–H groups in total. The van der Waals surface area contributed by atoms with Crippen LogP contribution in [0.25, 0.3) is 0 Å². The third-order valence-corrected chi connectivity index (χ3v) is 4.96. The summed E-state index contributed by atoms with van der Waals surface area (Å²) >= 11 is 0. The van der Waals surface area contributed by atoms with Crippen LogP contribution in [0.1, 0.15) is 6.92 Å². The lowest BCUT2D eigenvalue weighted by atomic mass is 9.91. The van der Waals surface area contributed by atoms with Gasteiger partial charge in [-0.05, 0) is 6.92 Å². The molecule has 188 valence electrons. The second-order valence-electron chi connectivity index (χ2n) is 5.42. The number of hydrogen-bond donors (Lipinski definition) is 1. The van der Waals surface area contributed by atoms with Gasteiger partial charge in [-0.1, -0.05) is 0 Å². The van der Waals surface area contributed by atoms with Crippen LogP contribution in [0.2, 0.25) is 0 Å². The summed E-state index contributed by atoms with van der Waals surface area (Å²) < 4.78 is 234. The quantitative estimate of drug-likeness (QED) is 0.288. The van der Waals surface area contributed by atoms with Crippen molar-refractivity contribution in [1.29, 1.82) is 0 Å². The van der Waals surface area contributed by atoms with Crippen LogP contribution in [0, 0.1) is 0 Å². The van der Waals surface area contributed by atoms with Crippen molar-refractivity contribution in [3.8, 4) is 0 Å². The van der Waals surface area contributed by atoms with Crippen molar-refractivity contribution in [2.75, 3.05) is 6.61 Å². The summed E-state index contributed by atoms with van der Waals surface area (Å²) in [7, 11) is -7.49. The zero-order valence-electron chi connectivity index (χ0n) is 13.8. The molecule has 0 amide bonds. The fourth-order valence-electron chi connectivity index (χ4n) is 1.59. The molecule has 0 fully saturated rings. The van der Waals surface area contributed by atoms with E-state index in [1.807, 2.05) is 0 Å². The van der Waals surface area contributed by atoms with E-state index in [0.29, 0.717) is 6.92 Å². The molecule has 0 aromatic heterocycles. The van der Waals surface area contributed by atoms with E-state index < -0.39 is 61.6 Å². The molecule has 0 aliphatic rings. The van der Waals surface area contributed by atoms with E-state index >= 15 is 0 Å². The second-order valence-corrected chi connectivity index (χ2v) is 7.28. The number of alkyl halides is 17. The maximum absolute atomic E-state index is 13.4. The molecule has 0 aromatic rings. The van der Waals surface area contributed by atoms with Crippen LogP contribution < -0.4 is 0 Å². The predicted molar refractivity (Wildman–Crippen MR) is 62.1 cm³/mol. The Kier molecular flexibility index (Phi) is 7.24. The molecule has 1 unspecified atom stereocenters. The zero-order valence-corrected chi connectivity index (χ0v) is 14.7. The molecule has 0 rings (SSSR count). The van der Waals surface area contributed by atoms with E-state index in [1.165, 1.54) is 0 Å². The van der Waals surface area contributed by atoms with Crippen LogP contribution in [0.4, 0.5) is 74.6 Å². The van der Waals surface area contributed by atoms with Gasteiger partial charge in [0.15, 0.2) is 0 Å². The Balaban J connectivity index is 6.87. The third-order valence-electron chi connectivity index (χ3n) is 3.36. The lowest BCUT2D eigenvalue weighted by Crippen LogP contribution is -2.74. The monoisotopic (exact) mass is 528 g/mol. The Morgan fingerprint density at radius 2 is 0.839 bits per heavy atom. The third kappa shape index (κ3) is 3.75. The number of halogens is 17. The lowest BCUT2D eigenvalue weighted by molar-refractivity contribution is -0.458. The normalized spacial score (nSPS) is 18.2. The average molecular weight is 528 g/mol. The minimum absolute atomic E-state index is 0.456. The smallest absolute Gasteiger partial charge is 0.320 e. The summed E-state index contributed by atoms with van der Waals surface area (Å²) in [6, 6.07) is 0. The van der Waals surface area contributed by atoms with Gasteiger partial charge in [0.05, 0.1) is 6.61 Å². The molecule has 31 heavy (non-hydrogen) atoms. The van der Waals surface area contributed by atoms with Crippen LogP contribution >= 0.6 is 7.60 Å². The fraction of sp³-hybridized carbons (Fsp3) is 1.00. The maximum Gasteiger partial charge on any atom is 0.460 e.